The van der Waals surface area contributed by atoms with Gasteiger partial charge in [-0.3, -0.25) is 4.79 Å². The minimum absolute atomic E-state index is 0.0472. The highest BCUT2D eigenvalue weighted by Crippen LogP contribution is 2.46. The fourth-order valence-corrected chi connectivity index (χ4v) is 5.27. The largest absolute Gasteiger partial charge is 0.496 e. The van der Waals surface area contributed by atoms with Gasteiger partial charge in [0.1, 0.15) is 11.9 Å². The fraction of sp³-hybridized carbons (Fsp3) is 0.500. The van der Waals surface area contributed by atoms with E-state index in [0.29, 0.717) is 23.3 Å². The zero-order valence-electron chi connectivity index (χ0n) is 17.6. The van der Waals surface area contributed by atoms with E-state index in [1.54, 1.807) is 7.11 Å². The highest BCUT2D eigenvalue weighted by atomic mass is 79.9. The van der Waals surface area contributed by atoms with Crippen molar-refractivity contribution in [3.05, 3.63) is 50.8 Å². The molecule has 1 aliphatic heterocycles. The number of allylic oxidation sites excluding steroid dienone is 3. The number of ketones is 1. The summed E-state index contributed by atoms with van der Waals surface area (Å²) in [6.07, 6.45) is 7.26. The molecule has 3 aliphatic rings. The lowest BCUT2D eigenvalue weighted by atomic mass is 9.75. The van der Waals surface area contributed by atoms with Crippen molar-refractivity contribution in [1.29, 1.82) is 0 Å². The van der Waals surface area contributed by atoms with E-state index in [0.717, 1.165) is 60.0 Å². The maximum Gasteiger partial charge on any atom is 0.337 e. The van der Waals surface area contributed by atoms with Crippen LogP contribution in [-0.2, 0) is 14.3 Å². The topological polar surface area (TPSA) is 64.6 Å². The van der Waals surface area contributed by atoms with Crippen LogP contribution in [0.2, 0.25) is 0 Å². The van der Waals surface area contributed by atoms with E-state index in [1.165, 1.54) is 6.42 Å². The zero-order valence-corrected chi connectivity index (χ0v) is 19.1. The summed E-state index contributed by atoms with van der Waals surface area (Å²) >= 11 is 3.54. The fourth-order valence-electron chi connectivity index (χ4n) is 4.89. The summed E-state index contributed by atoms with van der Waals surface area (Å²) in [6, 6.07) is 5.72. The maximum absolute atomic E-state index is 13.4. The number of Topliss-reactive ketones (excluding diaryl/α,β-unsaturated/α-hetero) is 1. The standard InChI is InChI=1S/C24H28BrNO4/c1-14-21(24(28)30-16-7-4-3-5-8-16)22(17-13-15(25)11-12-20(17)29-2)23-18(26-14)9-6-10-19(23)27/h11-13,16,22,26H,3-10H2,1-2H3/t22-/m0/s1. The molecule has 1 saturated carbocycles. The SMILES string of the molecule is COc1ccc(Br)cc1[C@H]1C(C(=O)OC2CCCCC2)=C(C)NC2=C1C(=O)CCC2. The normalized spacial score (nSPS) is 22.5. The van der Waals surface area contributed by atoms with Crippen molar-refractivity contribution in [3.8, 4) is 5.75 Å². The summed E-state index contributed by atoms with van der Waals surface area (Å²) in [7, 11) is 1.61. The molecule has 2 aliphatic carbocycles. The van der Waals surface area contributed by atoms with Crippen LogP contribution in [0.3, 0.4) is 0 Å². The summed E-state index contributed by atoms with van der Waals surface area (Å²) in [4.78, 5) is 26.5. The van der Waals surface area contributed by atoms with Gasteiger partial charge in [-0.1, -0.05) is 22.4 Å². The average molecular weight is 474 g/mol. The first-order chi connectivity index (χ1) is 14.5. The number of carbonyl (C=O) groups excluding carboxylic acids is 2. The van der Waals surface area contributed by atoms with Gasteiger partial charge in [0.2, 0.25) is 0 Å². The molecule has 0 radical (unpaired) electrons. The van der Waals surface area contributed by atoms with Crippen molar-refractivity contribution in [3.63, 3.8) is 0 Å². The Kier molecular flexibility index (Phi) is 6.32. The summed E-state index contributed by atoms with van der Waals surface area (Å²) in [5.41, 5.74) is 3.69. The molecule has 1 heterocycles. The van der Waals surface area contributed by atoms with Gasteiger partial charge in [-0.2, -0.15) is 0 Å². The number of esters is 1. The van der Waals surface area contributed by atoms with Crippen LogP contribution in [0.1, 0.15) is 69.8 Å². The lowest BCUT2D eigenvalue weighted by molar-refractivity contribution is -0.146. The molecule has 1 N–H and O–H groups in total. The third-order valence-corrected chi connectivity index (χ3v) is 6.82. The Morgan fingerprint density at radius 2 is 1.90 bits per heavy atom. The minimum atomic E-state index is -0.488. The van der Waals surface area contributed by atoms with Crippen molar-refractivity contribution < 1.29 is 19.1 Å². The number of carbonyl (C=O) groups is 2. The van der Waals surface area contributed by atoms with Crippen LogP contribution >= 0.6 is 15.9 Å². The Hall–Kier alpha value is -2.08. The number of dihydropyridines is 1. The van der Waals surface area contributed by atoms with Gasteiger partial charge in [-0.15, -0.1) is 0 Å². The quantitative estimate of drug-likeness (QED) is 0.600. The van der Waals surface area contributed by atoms with Gasteiger partial charge < -0.3 is 14.8 Å². The second-order valence-corrected chi connectivity index (χ2v) is 9.23. The molecule has 1 atom stereocenters. The van der Waals surface area contributed by atoms with Gasteiger partial charge in [0.15, 0.2) is 5.78 Å². The molecule has 5 nitrogen and oxygen atoms in total. The first kappa shape index (κ1) is 21.2. The van der Waals surface area contributed by atoms with Gasteiger partial charge in [0.05, 0.1) is 18.6 Å². The Bertz CT molecular complexity index is 927. The third-order valence-electron chi connectivity index (χ3n) is 6.32. The average Bonchev–Trinajstić information content (AvgIpc) is 2.73. The Morgan fingerprint density at radius 3 is 2.63 bits per heavy atom. The molecule has 0 spiro atoms. The van der Waals surface area contributed by atoms with Gasteiger partial charge in [-0.05, 0) is 63.6 Å². The molecule has 160 valence electrons. The first-order valence-corrected chi connectivity index (χ1v) is 11.6. The molecule has 30 heavy (non-hydrogen) atoms. The van der Waals surface area contributed by atoms with Crippen LogP contribution in [0.5, 0.6) is 5.75 Å². The summed E-state index contributed by atoms with van der Waals surface area (Å²) in [5.74, 6) is -0.0706. The summed E-state index contributed by atoms with van der Waals surface area (Å²) in [6.45, 7) is 1.90. The molecular formula is C24H28BrNO4. The van der Waals surface area contributed by atoms with E-state index in [4.69, 9.17) is 9.47 Å². The molecular weight excluding hydrogens is 446 g/mol. The molecule has 0 bridgehead atoms. The summed E-state index contributed by atoms with van der Waals surface area (Å²) < 4.78 is 12.5. The molecule has 1 fully saturated rings. The Morgan fingerprint density at radius 1 is 1.13 bits per heavy atom. The lowest BCUT2D eigenvalue weighted by Gasteiger charge is -2.35. The number of benzene rings is 1. The van der Waals surface area contributed by atoms with Gasteiger partial charge in [0, 0.05) is 33.4 Å². The molecule has 0 saturated heterocycles. The molecule has 4 rings (SSSR count). The number of methoxy groups -OCH3 is 1. The number of hydrogen-bond acceptors (Lipinski definition) is 5. The molecule has 6 heteroatoms. The molecule has 1 aromatic carbocycles. The highest BCUT2D eigenvalue weighted by molar-refractivity contribution is 9.10. The van der Waals surface area contributed by atoms with Crippen LogP contribution < -0.4 is 10.1 Å². The van der Waals surface area contributed by atoms with Crippen molar-refractivity contribution in [1.82, 2.24) is 5.32 Å². The van der Waals surface area contributed by atoms with Crippen molar-refractivity contribution in [2.75, 3.05) is 7.11 Å². The Labute approximate surface area is 186 Å². The Balaban J connectivity index is 1.80. The van der Waals surface area contributed by atoms with E-state index < -0.39 is 5.92 Å². The van der Waals surface area contributed by atoms with Crippen LogP contribution in [0.15, 0.2) is 45.2 Å². The monoisotopic (exact) mass is 473 g/mol. The van der Waals surface area contributed by atoms with E-state index in [1.807, 2.05) is 25.1 Å². The smallest absolute Gasteiger partial charge is 0.337 e. The number of hydrogen-bond donors (Lipinski definition) is 1. The maximum atomic E-state index is 13.4. The van der Waals surface area contributed by atoms with Crippen molar-refractivity contribution in [2.45, 2.75) is 70.3 Å². The van der Waals surface area contributed by atoms with E-state index in [9.17, 15) is 9.59 Å². The van der Waals surface area contributed by atoms with Gasteiger partial charge >= 0.3 is 5.97 Å². The highest BCUT2D eigenvalue weighted by Gasteiger charge is 2.41. The third kappa shape index (κ3) is 4.07. The number of rotatable bonds is 4. The summed E-state index contributed by atoms with van der Waals surface area (Å²) in [5, 5.41) is 3.35. The predicted octanol–water partition coefficient (Wildman–Crippen LogP) is 5.30. The molecule has 0 unspecified atom stereocenters. The minimum Gasteiger partial charge on any atom is -0.496 e. The van der Waals surface area contributed by atoms with Crippen LogP contribution in [0.4, 0.5) is 0 Å². The predicted molar refractivity (Wildman–Crippen MR) is 118 cm³/mol. The van der Waals surface area contributed by atoms with E-state index >= 15 is 0 Å². The van der Waals surface area contributed by atoms with Gasteiger partial charge in [0.25, 0.3) is 0 Å². The van der Waals surface area contributed by atoms with Crippen molar-refractivity contribution in [2.24, 2.45) is 0 Å². The van der Waals surface area contributed by atoms with E-state index in [-0.39, 0.29) is 17.9 Å². The van der Waals surface area contributed by atoms with Crippen molar-refractivity contribution >= 4 is 27.7 Å². The second kappa shape index (κ2) is 8.96. The molecule has 0 aromatic heterocycles. The second-order valence-electron chi connectivity index (χ2n) is 8.32. The van der Waals surface area contributed by atoms with Gasteiger partial charge in [-0.25, -0.2) is 4.79 Å². The van der Waals surface area contributed by atoms with Crippen LogP contribution in [-0.4, -0.2) is 25.0 Å². The number of ether oxygens (including phenoxy) is 2. The number of nitrogens with one attached hydrogen (secondary N) is 1. The van der Waals surface area contributed by atoms with Crippen LogP contribution in [0.25, 0.3) is 0 Å². The first-order valence-electron chi connectivity index (χ1n) is 10.8. The zero-order chi connectivity index (χ0) is 21.3. The lowest BCUT2D eigenvalue weighted by Crippen LogP contribution is -2.35. The molecule has 0 amide bonds. The van der Waals surface area contributed by atoms with Crippen LogP contribution in [0, 0.1) is 0 Å². The van der Waals surface area contributed by atoms with E-state index in [2.05, 4.69) is 21.2 Å². The molecule has 1 aromatic rings. The number of halogens is 1.